The number of aliphatic hydroxyl groups is 1. The van der Waals surface area contributed by atoms with Crippen molar-refractivity contribution in [2.45, 2.75) is 13.0 Å². The van der Waals surface area contributed by atoms with Gasteiger partial charge in [-0.25, -0.2) is 0 Å². The van der Waals surface area contributed by atoms with Gasteiger partial charge in [0.05, 0.1) is 22.6 Å². The molecule has 20 heavy (non-hydrogen) atoms. The molecule has 0 saturated carbocycles. The Morgan fingerprint density at radius 1 is 1.55 bits per heavy atom. The van der Waals surface area contributed by atoms with Gasteiger partial charge in [-0.05, 0) is 12.1 Å². The number of nitrogens with zero attached hydrogens (tertiary/aromatic N) is 2. The molecule has 0 saturated heterocycles. The second-order valence-electron chi connectivity index (χ2n) is 4.14. The van der Waals surface area contributed by atoms with Gasteiger partial charge >= 0.3 is 0 Å². The molecule has 0 aliphatic rings. The number of thiophene rings is 1. The second kappa shape index (κ2) is 6.89. The molecule has 6 heteroatoms. The van der Waals surface area contributed by atoms with E-state index in [1.165, 1.54) is 11.3 Å². The first-order valence-electron chi connectivity index (χ1n) is 6.14. The number of rotatable bonds is 4. The van der Waals surface area contributed by atoms with E-state index in [1.807, 2.05) is 19.3 Å². The van der Waals surface area contributed by atoms with Crippen molar-refractivity contribution >= 4 is 17.2 Å². The van der Waals surface area contributed by atoms with E-state index in [0.717, 1.165) is 10.4 Å². The number of aromatic nitrogens is 2. The molecule has 2 rings (SSSR count). The summed E-state index contributed by atoms with van der Waals surface area (Å²) < 4.78 is 1.70. The summed E-state index contributed by atoms with van der Waals surface area (Å²) in [6.45, 7) is 0.507. The van der Waals surface area contributed by atoms with Crippen LogP contribution in [0.4, 0.5) is 0 Å². The summed E-state index contributed by atoms with van der Waals surface area (Å²) in [6.07, 6.45) is 4.03. The highest BCUT2D eigenvalue weighted by atomic mass is 32.1. The van der Waals surface area contributed by atoms with Gasteiger partial charge in [-0.2, -0.15) is 5.10 Å². The zero-order valence-electron chi connectivity index (χ0n) is 11.1. The lowest BCUT2D eigenvalue weighted by Crippen LogP contribution is -2.21. The van der Waals surface area contributed by atoms with Crippen molar-refractivity contribution < 1.29 is 9.90 Å². The van der Waals surface area contributed by atoms with Gasteiger partial charge in [-0.3, -0.25) is 9.48 Å². The van der Waals surface area contributed by atoms with Gasteiger partial charge in [0.2, 0.25) is 0 Å². The van der Waals surface area contributed by atoms with Crippen LogP contribution in [0.1, 0.15) is 26.5 Å². The van der Waals surface area contributed by atoms with Gasteiger partial charge in [0.1, 0.15) is 0 Å². The van der Waals surface area contributed by atoms with Gasteiger partial charge in [0.25, 0.3) is 5.91 Å². The lowest BCUT2D eigenvalue weighted by molar-refractivity contribution is 0.0955. The van der Waals surface area contributed by atoms with Gasteiger partial charge in [0, 0.05) is 31.8 Å². The third-order valence-corrected chi connectivity index (χ3v) is 3.49. The lowest BCUT2D eigenvalue weighted by Gasteiger charge is -2.00. The second-order valence-corrected chi connectivity index (χ2v) is 5.23. The fourth-order valence-electron chi connectivity index (χ4n) is 1.57. The number of aliphatic hydroxyl groups excluding tert-OH is 1. The summed E-state index contributed by atoms with van der Waals surface area (Å²) >= 11 is 1.34. The van der Waals surface area contributed by atoms with E-state index < -0.39 is 0 Å². The van der Waals surface area contributed by atoms with E-state index in [4.69, 9.17) is 5.11 Å². The number of aryl methyl sites for hydroxylation is 1. The van der Waals surface area contributed by atoms with Crippen LogP contribution < -0.4 is 5.32 Å². The molecule has 0 atom stereocenters. The zero-order valence-corrected chi connectivity index (χ0v) is 11.9. The first-order valence-corrected chi connectivity index (χ1v) is 6.96. The average Bonchev–Trinajstić information content (AvgIpc) is 3.06. The lowest BCUT2D eigenvalue weighted by atomic mass is 10.3. The predicted octanol–water partition coefficient (Wildman–Crippen LogP) is 1.15. The molecule has 0 aliphatic carbocycles. The minimum atomic E-state index is -0.117. The van der Waals surface area contributed by atoms with E-state index in [9.17, 15) is 4.79 Å². The highest BCUT2D eigenvalue weighted by Gasteiger charge is 2.08. The Morgan fingerprint density at radius 2 is 2.40 bits per heavy atom. The fraction of sp³-hybridized carbons (Fsp3) is 0.286. The Kier molecular flexibility index (Phi) is 4.93. The molecule has 0 aromatic carbocycles. The highest BCUT2D eigenvalue weighted by molar-refractivity contribution is 7.14. The van der Waals surface area contributed by atoms with Crippen molar-refractivity contribution in [3.63, 3.8) is 0 Å². The van der Waals surface area contributed by atoms with Crippen molar-refractivity contribution in [3.8, 4) is 11.8 Å². The number of carbonyl (C=O) groups is 1. The van der Waals surface area contributed by atoms with Crippen LogP contribution in [0.3, 0.4) is 0 Å². The maximum atomic E-state index is 12.0. The molecular weight excluding hydrogens is 274 g/mol. The van der Waals surface area contributed by atoms with Crippen LogP contribution in [0.15, 0.2) is 24.5 Å². The summed E-state index contributed by atoms with van der Waals surface area (Å²) in [5.41, 5.74) is 0.959. The van der Waals surface area contributed by atoms with Crippen LogP contribution in [-0.2, 0) is 13.6 Å². The van der Waals surface area contributed by atoms with E-state index in [2.05, 4.69) is 22.3 Å². The van der Waals surface area contributed by atoms with Crippen molar-refractivity contribution in [2.75, 3.05) is 6.61 Å². The number of carbonyl (C=O) groups excluding carboxylic acids is 1. The van der Waals surface area contributed by atoms with Crippen molar-refractivity contribution in [1.29, 1.82) is 0 Å². The maximum Gasteiger partial charge on any atom is 0.261 e. The molecular formula is C14H15N3O2S. The van der Waals surface area contributed by atoms with Crippen LogP contribution in [-0.4, -0.2) is 27.4 Å². The SMILES string of the molecule is Cn1cc(CNC(=O)c2ccc(C#CCCO)s2)cn1. The van der Waals surface area contributed by atoms with E-state index in [0.29, 0.717) is 17.8 Å². The maximum absolute atomic E-state index is 12.0. The van der Waals surface area contributed by atoms with E-state index in [-0.39, 0.29) is 12.5 Å². The van der Waals surface area contributed by atoms with Gasteiger partial charge in [-0.1, -0.05) is 11.8 Å². The number of hydrogen-bond acceptors (Lipinski definition) is 4. The summed E-state index contributed by atoms with van der Waals surface area (Å²) in [5, 5.41) is 15.5. The molecule has 5 nitrogen and oxygen atoms in total. The quantitative estimate of drug-likeness (QED) is 0.830. The predicted molar refractivity (Wildman–Crippen MR) is 77.3 cm³/mol. The van der Waals surface area contributed by atoms with Gasteiger partial charge in [-0.15, -0.1) is 11.3 Å². The summed E-state index contributed by atoms with van der Waals surface area (Å²) in [6, 6.07) is 3.57. The Bertz CT molecular complexity index is 649. The van der Waals surface area contributed by atoms with E-state index in [1.54, 1.807) is 16.9 Å². The summed E-state index contributed by atoms with van der Waals surface area (Å²) in [5.74, 6) is 5.63. The average molecular weight is 289 g/mol. The van der Waals surface area contributed by atoms with Crippen molar-refractivity contribution in [2.24, 2.45) is 7.05 Å². The third-order valence-electron chi connectivity index (χ3n) is 2.49. The molecule has 0 spiro atoms. The molecule has 1 amide bonds. The molecule has 0 fully saturated rings. The first-order chi connectivity index (χ1) is 9.69. The van der Waals surface area contributed by atoms with Gasteiger partial charge < -0.3 is 10.4 Å². The topological polar surface area (TPSA) is 67.2 Å². The highest BCUT2D eigenvalue weighted by Crippen LogP contribution is 2.15. The molecule has 104 valence electrons. The van der Waals surface area contributed by atoms with Crippen molar-refractivity contribution in [3.05, 3.63) is 39.8 Å². The van der Waals surface area contributed by atoms with Crippen LogP contribution >= 0.6 is 11.3 Å². The largest absolute Gasteiger partial charge is 0.395 e. The summed E-state index contributed by atoms with van der Waals surface area (Å²) in [4.78, 5) is 13.4. The fourth-order valence-corrected chi connectivity index (χ4v) is 2.36. The molecule has 2 aromatic rings. The molecule has 0 radical (unpaired) electrons. The van der Waals surface area contributed by atoms with Crippen LogP contribution in [0, 0.1) is 11.8 Å². The third kappa shape index (κ3) is 3.95. The Hall–Kier alpha value is -2.10. The molecule has 2 N–H and O–H groups in total. The standard InChI is InChI=1S/C14H15N3O2S/c1-17-10-11(9-16-17)8-15-14(19)13-6-5-12(20-13)4-2-3-7-18/h5-6,9-10,18H,3,7-8H2,1H3,(H,15,19). The number of amides is 1. The number of nitrogens with one attached hydrogen (secondary N) is 1. The molecule has 0 bridgehead atoms. The van der Waals surface area contributed by atoms with Crippen LogP contribution in [0.25, 0.3) is 0 Å². The smallest absolute Gasteiger partial charge is 0.261 e. The zero-order chi connectivity index (χ0) is 14.4. The first kappa shape index (κ1) is 14.3. The summed E-state index contributed by atoms with van der Waals surface area (Å²) in [7, 11) is 1.84. The van der Waals surface area contributed by atoms with Crippen LogP contribution in [0.2, 0.25) is 0 Å². The Morgan fingerprint density at radius 3 is 3.10 bits per heavy atom. The molecule has 2 heterocycles. The Balaban J connectivity index is 1.91. The number of hydrogen-bond donors (Lipinski definition) is 2. The molecule has 0 aliphatic heterocycles. The minimum absolute atomic E-state index is 0.0524. The van der Waals surface area contributed by atoms with Gasteiger partial charge in [0.15, 0.2) is 0 Å². The molecule has 2 aromatic heterocycles. The molecule has 0 unspecified atom stereocenters. The Labute approximate surface area is 121 Å². The van der Waals surface area contributed by atoms with Crippen molar-refractivity contribution in [1.82, 2.24) is 15.1 Å². The minimum Gasteiger partial charge on any atom is -0.395 e. The normalized spacial score (nSPS) is 9.90. The van der Waals surface area contributed by atoms with E-state index >= 15 is 0 Å². The van der Waals surface area contributed by atoms with Crippen LogP contribution in [0.5, 0.6) is 0 Å². The monoisotopic (exact) mass is 289 g/mol.